The number of benzene rings is 1. The second-order valence-electron chi connectivity index (χ2n) is 8.28. The number of nitrogens with one attached hydrogen (secondary N) is 2. The number of piperidine rings is 1. The molecule has 173 valence electrons. The third-order valence-electron chi connectivity index (χ3n) is 5.95. The van der Waals surface area contributed by atoms with Gasteiger partial charge in [0.2, 0.25) is 10.0 Å². The summed E-state index contributed by atoms with van der Waals surface area (Å²) in [5, 5.41) is 5.94. The van der Waals surface area contributed by atoms with Crippen molar-refractivity contribution >= 4 is 16.1 Å². The molecule has 1 aliphatic heterocycles. The summed E-state index contributed by atoms with van der Waals surface area (Å²) >= 11 is 0. The summed E-state index contributed by atoms with van der Waals surface area (Å²) in [5.41, 5.74) is 1.03. The quantitative estimate of drug-likeness (QED) is 0.681. The third kappa shape index (κ3) is 7.79. The minimum atomic E-state index is -3.56. The average Bonchev–Trinajstić information content (AvgIpc) is 2.69. The van der Waals surface area contributed by atoms with E-state index in [1.165, 1.54) is 19.3 Å². The Kier molecular flexibility index (Phi) is 11.6. The second-order valence-corrected chi connectivity index (χ2v) is 10.2. The summed E-state index contributed by atoms with van der Waals surface area (Å²) in [6.07, 6.45) is 10.5. The van der Waals surface area contributed by atoms with Gasteiger partial charge in [0.1, 0.15) is 0 Å². The van der Waals surface area contributed by atoms with Gasteiger partial charge in [0, 0.05) is 19.1 Å². The predicted molar refractivity (Wildman–Crippen MR) is 126 cm³/mol. The zero-order valence-corrected chi connectivity index (χ0v) is 19.7. The number of sulfonamides is 1. The number of nitrogens with zero attached hydrogens (tertiary/aromatic N) is 1. The van der Waals surface area contributed by atoms with E-state index in [0.717, 1.165) is 56.6 Å². The third-order valence-corrected chi connectivity index (χ3v) is 7.91. The first-order chi connectivity index (χ1) is 14.0. The summed E-state index contributed by atoms with van der Waals surface area (Å²) in [7, 11) is -3.56. The van der Waals surface area contributed by atoms with Crippen molar-refractivity contribution in [3.8, 4) is 0 Å². The highest BCUT2D eigenvalue weighted by Crippen LogP contribution is 2.25. The highest BCUT2D eigenvalue weighted by molar-refractivity contribution is 7.89. The molecule has 1 saturated heterocycles. The van der Waals surface area contributed by atoms with Crippen molar-refractivity contribution < 1.29 is 13.2 Å². The molecule has 0 aromatic heterocycles. The molecule has 1 saturated carbocycles. The second kappa shape index (κ2) is 13.1. The highest BCUT2D eigenvalue weighted by Gasteiger charge is 2.33. The van der Waals surface area contributed by atoms with Gasteiger partial charge in [0.15, 0.2) is 0 Å². The molecule has 1 heterocycles. The number of carbonyl (C=O) groups excluding carboxylic acids is 1. The monoisotopic (exact) mass is 448 g/mol. The maximum absolute atomic E-state index is 13.1. The first-order valence-corrected chi connectivity index (χ1v) is 12.4. The Balaban J connectivity index is 0.00000240. The maximum atomic E-state index is 13.1. The van der Waals surface area contributed by atoms with Gasteiger partial charge in [0.25, 0.3) is 0 Å². The number of urea groups is 1. The van der Waals surface area contributed by atoms with Crippen LogP contribution in [-0.4, -0.2) is 37.9 Å². The number of hydrogen-bond acceptors (Lipinski definition) is 3. The maximum Gasteiger partial charge on any atom is 0.315 e. The van der Waals surface area contributed by atoms with Gasteiger partial charge in [-0.2, -0.15) is 4.31 Å². The van der Waals surface area contributed by atoms with Gasteiger partial charge in [0.05, 0.1) is 10.9 Å². The molecule has 2 fully saturated rings. The van der Waals surface area contributed by atoms with Crippen LogP contribution in [0.3, 0.4) is 0 Å². The Bertz CT molecular complexity index is 757. The van der Waals surface area contributed by atoms with E-state index < -0.39 is 10.0 Å². The largest absolute Gasteiger partial charge is 0.337 e. The van der Waals surface area contributed by atoms with E-state index >= 15 is 0 Å². The number of aryl methyl sites for hydroxylation is 1. The van der Waals surface area contributed by atoms with Gasteiger partial charge < -0.3 is 10.6 Å². The van der Waals surface area contributed by atoms with E-state index in [0.29, 0.717) is 18.0 Å². The first kappa shape index (κ1) is 27.4. The van der Waals surface area contributed by atoms with Gasteiger partial charge in [-0.3, -0.25) is 0 Å². The van der Waals surface area contributed by atoms with E-state index in [4.69, 9.17) is 0 Å². The summed E-state index contributed by atoms with van der Waals surface area (Å²) in [6, 6.07) is 7.67. The van der Waals surface area contributed by atoms with Gasteiger partial charge in [-0.05, 0) is 44.7 Å². The SMILES string of the molecule is Cc1ccc(S(=O)(=O)N2CCCCC2CNC(=O)N[C]2CCCCCCC2)cc1.[CH2].[CH2]. The molecule has 0 bridgehead atoms. The molecule has 2 aliphatic rings. The molecule has 1 aromatic rings. The van der Waals surface area contributed by atoms with E-state index in [1.54, 1.807) is 16.4 Å². The Morgan fingerprint density at radius 3 is 2.23 bits per heavy atom. The van der Waals surface area contributed by atoms with Crippen LogP contribution in [0, 0.1) is 27.8 Å². The van der Waals surface area contributed by atoms with Crippen LogP contribution in [0.4, 0.5) is 4.79 Å². The summed E-state index contributed by atoms with van der Waals surface area (Å²) in [6.45, 7) is 2.78. The van der Waals surface area contributed by atoms with E-state index in [9.17, 15) is 13.2 Å². The van der Waals surface area contributed by atoms with Crippen molar-refractivity contribution in [1.82, 2.24) is 14.9 Å². The lowest BCUT2D eigenvalue weighted by atomic mass is 9.97. The smallest absolute Gasteiger partial charge is 0.315 e. The minimum Gasteiger partial charge on any atom is -0.337 e. The molecule has 1 aromatic carbocycles. The van der Waals surface area contributed by atoms with Crippen molar-refractivity contribution in [3.05, 3.63) is 50.7 Å². The molecule has 5 radical (unpaired) electrons. The molecule has 6 nitrogen and oxygen atoms in total. The van der Waals surface area contributed by atoms with Crippen molar-refractivity contribution in [2.75, 3.05) is 13.1 Å². The topological polar surface area (TPSA) is 78.5 Å². The van der Waals surface area contributed by atoms with Crippen LogP contribution in [0.5, 0.6) is 0 Å². The predicted octanol–water partition coefficient (Wildman–Crippen LogP) is 4.77. The molecule has 2 N–H and O–H groups in total. The number of rotatable bonds is 5. The molecule has 0 spiro atoms. The Hall–Kier alpha value is -1.60. The van der Waals surface area contributed by atoms with Crippen molar-refractivity contribution in [2.45, 2.75) is 82.1 Å². The lowest BCUT2D eigenvalue weighted by Gasteiger charge is -2.35. The van der Waals surface area contributed by atoms with Crippen LogP contribution < -0.4 is 10.6 Å². The van der Waals surface area contributed by atoms with Gasteiger partial charge in [-0.25, -0.2) is 13.2 Å². The lowest BCUT2D eigenvalue weighted by Crippen LogP contribution is -2.51. The molecule has 1 aliphatic carbocycles. The Morgan fingerprint density at radius 2 is 1.58 bits per heavy atom. The average molecular weight is 449 g/mol. The lowest BCUT2D eigenvalue weighted by molar-refractivity contribution is 0.223. The normalized spacial score (nSPS) is 21.0. The van der Waals surface area contributed by atoms with E-state index in [2.05, 4.69) is 10.6 Å². The number of carbonyl (C=O) groups is 1. The van der Waals surface area contributed by atoms with Crippen molar-refractivity contribution in [3.63, 3.8) is 0 Å². The molecule has 31 heavy (non-hydrogen) atoms. The van der Waals surface area contributed by atoms with Crippen LogP contribution in [-0.2, 0) is 10.0 Å². The first-order valence-electron chi connectivity index (χ1n) is 10.9. The fourth-order valence-electron chi connectivity index (χ4n) is 4.21. The van der Waals surface area contributed by atoms with Crippen LogP contribution in [0.25, 0.3) is 0 Å². The number of hydrogen-bond donors (Lipinski definition) is 2. The summed E-state index contributed by atoms with van der Waals surface area (Å²) in [5.74, 6) is 0. The molecule has 1 atom stereocenters. The van der Waals surface area contributed by atoms with E-state index in [-0.39, 0.29) is 26.9 Å². The number of amides is 2. The molecule has 3 rings (SSSR count). The molecular weight excluding hydrogens is 410 g/mol. The van der Waals surface area contributed by atoms with Crippen LogP contribution in [0.15, 0.2) is 29.2 Å². The van der Waals surface area contributed by atoms with E-state index in [1.807, 2.05) is 19.1 Å². The van der Waals surface area contributed by atoms with Crippen LogP contribution in [0.1, 0.15) is 69.8 Å². The zero-order valence-electron chi connectivity index (χ0n) is 18.9. The minimum absolute atomic E-state index is 0. The van der Waals surface area contributed by atoms with Crippen LogP contribution >= 0.6 is 0 Å². The summed E-state index contributed by atoms with van der Waals surface area (Å²) in [4.78, 5) is 12.7. The van der Waals surface area contributed by atoms with Gasteiger partial charge >= 0.3 is 6.03 Å². The molecule has 7 heteroatoms. The van der Waals surface area contributed by atoms with Gasteiger partial charge in [-0.15, -0.1) is 0 Å². The fraction of sp³-hybridized carbons (Fsp3) is 0.583. The fourth-order valence-corrected chi connectivity index (χ4v) is 5.91. The Labute approximate surface area is 190 Å². The highest BCUT2D eigenvalue weighted by atomic mass is 32.2. The summed E-state index contributed by atoms with van der Waals surface area (Å²) < 4.78 is 27.8. The molecular formula is C24H38N3O3S. The van der Waals surface area contributed by atoms with Crippen molar-refractivity contribution in [1.29, 1.82) is 0 Å². The standard InChI is InChI=1S/C22H34N3O3S.2CH2/c1-18-12-14-21(15-13-18)29(27,28)25-16-8-7-11-20(25)17-23-22(26)24-19-9-5-3-2-4-6-10-19;;/h12-15,20H,2-11,16-17H2,1H3,(H2,23,24,26);2*1H2. The van der Waals surface area contributed by atoms with Crippen molar-refractivity contribution in [2.24, 2.45) is 0 Å². The Morgan fingerprint density at radius 1 is 0.968 bits per heavy atom. The zero-order chi connectivity index (χ0) is 20.7. The molecule has 2 amide bonds. The van der Waals surface area contributed by atoms with Crippen LogP contribution in [0.2, 0.25) is 0 Å². The molecule has 1 unspecified atom stereocenters. The van der Waals surface area contributed by atoms with Gasteiger partial charge in [-0.1, -0.05) is 71.1 Å².